The Morgan fingerprint density at radius 2 is 2.00 bits per heavy atom. The summed E-state index contributed by atoms with van der Waals surface area (Å²) in [5, 5.41) is 0. The predicted octanol–water partition coefficient (Wildman–Crippen LogP) is 2.11. The molecule has 27 heavy (non-hydrogen) atoms. The van der Waals surface area contributed by atoms with Gasteiger partial charge < -0.3 is 9.64 Å². The third kappa shape index (κ3) is 3.13. The van der Waals surface area contributed by atoms with E-state index in [2.05, 4.69) is 0 Å². The van der Waals surface area contributed by atoms with Crippen LogP contribution in [-0.2, 0) is 26.0 Å². The number of carbonyl (C=O) groups excluding carboxylic acids is 1. The van der Waals surface area contributed by atoms with Crippen LogP contribution in [0.5, 0.6) is 0 Å². The second-order valence-corrected chi connectivity index (χ2v) is 8.57. The van der Waals surface area contributed by atoms with Gasteiger partial charge in [0.2, 0.25) is 15.9 Å². The van der Waals surface area contributed by atoms with Gasteiger partial charge in [0.05, 0.1) is 30.6 Å². The molecule has 1 fully saturated rings. The minimum Gasteiger partial charge on any atom is -0.378 e. The number of halogens is 1. The van der Waals surface area contributed by atoms with Crippen LogP contribution in [0.4, 0.5) is 10.1 Å². The zero-order valence-electron chi connectivity index (χ0n) is 14.8. The quantitative estimate of drug-likeness (QED) is 0.805. The first-order valence-corrected chi connectivity index (χ1v) is 10.1. The summed E-state index contributed by atoms with van der Waals surface area (Å²) < 4.78 is 47.1. The molecule has 0 aromatic heterocycles. The highest BCUT2D eigenvalue weighted by atomic mass is 32.2. The minimum absolute atomic E-state index is 0.0662. The largest absolute Gasteiger partial charge is 0.378 e. The molecule has 1 atom stereocenters. The van der Waals surface area contributed by atoms with Gasteiger partial charge in [-0.3, -0.25) is 4.79 Å². The van der Waals surface area contributed by atoms with Gasteiger partial charge in [0, 0.05) is 19.3 Å². The number of nitrogens with zero attached hydrogens (tertiary/aromatic N) is 2. The Bertz CT molecular complexity index is 1010. The lowest BCUT2D eigenvalue weighted by molar-refractivity contribution is -0.117. The van der Waals surface area contributed by atoms with Crippen molar-refractivity contribution in [2.24, 2.45) is 0 Å². The first-order valence-electron chi connectivity index (χ1n) is 8.62. The number of hydrogen-bond acceptors (Lipinski definition) is 4. The Kier molecular flexibility index (Phi) is 4.49. The van der Waals surface area contributed by atoms with Crippen molar-refractivity contribution in [2.45, 2.75) is 17.4 Å². The molecule has 1 saturated heterocycles. The molecule has 6 nitrogen and oxygen atoms in total. The average molecular weight is 390 g/mol. The normalized spacial score (nSPS) is 20.7. The van der Waals surface area contributed by atoms with E-state index in [1.54, 1.807) is 31.3 Å². The van der Waals surface area contributed by atoms with Gasteiger partial charge in [0.15, 0.2) is 0 Å². The molecular formula is C19H19FN2O4S. The van der Waals surface area contributed by atoms with Gasteiger partial charge in [-0.15, -0.1) is 0 Å². The molecule has 0 N–H and O–H groups in total. The summed E-state index contributed by atoms with van der Waals surface area (Å²) in [6.45, 7) is 0.617. The number of rotatable bonds is 3. The monoisotopic (exact) mass is 390 g/mol. The molecule has 1 amide bonds. The minimum atomic E-state index is -3.83. The van der Waals surface area contributed by atoms with Gasteiger partial charge in [-0.25, -0.2) is 12.8 Å². The van der Waals surface area contributed by atoms with Crippen LogP contribution in [0.2, 0.25) is 0 Å². The smallest absolute Gasteiger partial charge is 0.243 e. The van der Waals surface area contributed by atoms with Gasteiger partial charge in [-0.05, 0) is 41.5 Å². The van der Waals surface area contributed by atoms with Gasteiger partial charge >= 0.3 is 0 Å². The number of morpholine rings is 1. The maximum atomic E-state index is 13.6. The van der Waals surface area contributed by atoms with Crippen LogP contribution < -0.4 is 4.90 Å². The third-order valence-corrected chi connectivity index (χ3v) is 6.95. The number of benzene rings is 2. The summed E-state index contributed by atoms with van der Waals surface area (Å²) in [5.74, 6) is -0.488. The van der Waals surface area contributed by atoms with E-state index in [9.17, 15) is 17.6 Å². The summed E-state index contributed by atoms with van der Waals surface area (Å²) in [7, 11) is -2.16. The Balaban J connectivity index is 1.72. The molecule has 0 saturated carbocycles. The fraction of sp³-hybridized carbons (Fsp3) is 0.316. The summed E-state index contributed by atoms with van der Waals surface area (Å²) in [6.07, 6.45) is 0.186. The molecule has 2 aromatic carbocycles. The molecule has 8 heteroatoms. The van der Waals surface area contributed by atoms with Crippen LogP contribution in [0, 0.1) is 5.82 Å². The topological polar surface area (TPSA) is 66.9 Å². The molecule has 142 valence electrons. The summed E-state index contributed by atoms with van der Waals surface area (Å²) in [6, 6.07) is 10.0. The Morgan fingerprint density at radius 3 is 2.78 bits per heavy atom. The van der Waals surface area contributed by atoms with E-state index in [1.807, 2.05) is 0 Å². The predicted molar refractivity (Wildman–Crippen MR) is 97.4 cm³/mol. The fourth-order valence-corrected chi connectivity index (χ4v) is 5.23. The first kappa shape index (κ1) is 18.1. The Hall–Kier alpha value is -2.29. The van der Waals surface area contributed by atoms with Crippen LogP contribution in [-0.4, -0.2) is 45.4 Å². The average Bonchev–Trinajstić information content (AvgIpc) is 2.95. The Morgan fingerprint density at radius 1 is 1.19 bits per heavy atom. The highest BCUT2D eigenvalue weighted by molar-refractivity contribution is 7.89. The van der Waals surface area contributed by atoms with Crippen molar-refractivity contribution in [3.05, 3.63) is 59.4 Å². The number of hydrogen-bond donors (Lipinski definition) is 0. The van der Waals surface area contributed by atoms with Crippen molar-refractivity contribution in [2.75, 3.05) is 31.7 Å². The number of amides is 1. The lowest BCUT2D eigenvalue weighted by Crippen LogP contribution is -2.43. The number of fused-ring (bicyclic) bond motifs is 1. The van der Waals surface area contributed by atoms with E-state index < -0.39 is 21.9 Å². The zero-order valence-corrected chi connectivity index (χ0v) is 15.6. The van der Waals surface area contributed by atoms with Gasteiger partial charge in [0.25, 0.3) is 0 Å². The van der Waals surface area contributed by atoms with E-state index in [-0.39, 0.29) is 37.0 Å². The first-order chi connectivity index (χ1) is 12.9. The third-order valence-electron chi connectivity index (χ3n) is 5.05. The van der Waals surface area contributed by atoms with Crippen LogP contribution in [0.3, 0.4) is 0 Å². The number of carbonyl (C=O) groups is 1. The van der Waals surface area contributed by atoms with Gasteiger partial charge in [-0.2, -0.15) is 4.31 Å². The molecule has 2 aromatic rings. The number of anilines is 1. The highest BCUT2D eigenvalue weighted by Crippen LogP contribution is 2.34. The van der Waals surface area contributed by atoms with Crippen LogP contribution in [0.15, 0.2) is 47.4 Å². The number of ether oxygens (including phenoxy) is 1. The molecular weight excluding hydrogens is 371 g/mol. The standard InChI is InChI=1S/C19H19FN2O4S/c1-21-17-6-5-16(10-14(17)11-19(21)23)27(24,25)22-7-8-26-12-18(22)13-3-2-4-15(20)9-13/h2-6,9-10,18H,7-8,11-12H2,1H3. The second-order valence-electron chi connectivity index (χ2n) is 6.68. The Labute approximate surface area is 157 Å². The molecule has 0 bridgehead atoms. The fourth-order valence-electron chi connectivity index (χ4n) is 3.59. The van der Waals surface area contributed by atoms with Crippen molar-refractivity contribution in [1.29, 1.82) is 0 Å². The van der Waals surface area contributed by atoms with Gasteiger partial charge in [-0.1, -0.05) is 12.1 Å². The van der Waals surface area contributed by atoms with E-state index >= 15 is 0 Å². The zero-order chi connectivity index (χ0) is 19.2. The highest BCUT2D eigenvalue weighted by Gasteiger charge is 2.36. The molecule has 0 radical (unpaired) electrons. The second kappa shape index (κ2) is 6.70. The van der Waals surface area contributed by atoms with Gasteiger partial charge in [0.1, 0.15) is 5.82 Å². The molecule has 2 heterocycles. The molecule has 1 unspecified atom stereocenters. The van der Waals surface area contributed by atoms with Crippen LogP contribution >= 0.6 is 0 Å². The van der Waals surface area contributed by atoms with E-state index in [4.69, 9.17) is 4.74 Å². The summed E-state index contributed by atoms with van der Waals surface area (Å²) >= 11 is 0. The van der Waals surface area contributed by atoms with E-state index in [0.717, 1.165) is 5.69 Å². The molecule has 0 aliphatic carbocycles. The molecule has 2 aliphatic rings. The number of likely N-dealkylation sites (N-methyl/N-ethyl adjacent to an activating group) is 1. The molecule has 2 aliphatic heterocycles. The number of sulfonamides is 1. The van der Waals surface area contributed by atoms with Crippen molar-refractivity contribution in [3.8, 4) is 0 Å². The maximum Gasteiger partial charge on any atom is 0.243 e. The molecule has 4 rings (SSSR count). The van der Waals surface area contributed by atoms with Crippen molar-refractivity contribution in [3.63, 3.8) is 0 Å². The summed E-state index contributed by atoms with van der Waals surface area (Å²) in [5.41, 5.74) is 1.97. The molecule has 0 spiro atoms. The van der Waals surface area contributed by atoms with E-state index in [1.165, 1.54) is 27.4 Å². The maximum absolute atomic E-state index is 13.6. The van der Waals surface area contributed by atoms with Crippen molar-refractivity contribution in [1.82, 2.24) is 4.31 Å². The lowest BCUT2D eigenvalue weighted by atomic mass is 10.1. The van der Waals surface area contributed by atoms with Crippen molar-refractivity contribution >= 4 is 21.6 Å². The van der Waals surface area contributed by atoms with Crippen molar-refractivity contribution < 1.29 is 22.3 Å². The van der Waals surface area contributed by atoms with E-state index in [0.29, 0.717) is 11.1 Å². The SMILES string of the molecule is CN1C(=O)Cc2cc(S(=O)(=O)N3CCOCC3c3cccc(F)c3)ccc21. The van der Waals surface area contributed by atoms with Crippen LogP contribution in [0.1, 0.15) is 17.2 Å². The van der Waals surface area contributed by atoms with Crippen LogP contribution in [0.25, 0.3) is 0 Å². The lowest BCUT2D eigenvalue weighted by Gasteiger charge is -2.35. The summed E-state index contributed by atoms with van der Waals surface area (Å²) in [4.78, 5) is 13.5.